The molecule has 0 atom stereocenters. The van der Waals surface area contributed by atoms with Gasteiger partial charge in [-0.3, -0.25) is 0 Å². The van der Waals surface area contributed by atoms with Crippen LogP contribution in [0.25, 0.3) is 0 Å². The predicted octanol–water partition coefficient (Wildman–Crippen LogP) is 3.79. The van der Waals surface area contributed by atoms with Gasteiger partial charge >= 0.3 is 0 Å². The second-order valence-electron chi connectivity index (χ2n) is 2.18. The zero-order valence-corrected chi connectivity index (χ0v) is 7.95. The summed E-state index contributed by atoms with van der Waals surface area (Å²) < 4.78 is 0. The lowest BCUT2D eigenvalue weighted by molar-refractivity contribution is 0.800. The summed E-state index contributed by atoms with van der Waals surface area (Å²) in [6, 6.07) is 0. The lowest BCUT2D eigenvalue weighted by Crippen LogP contribution is -2.12. The third kappa shape index (κ3) is 7.30. The Bertz CT molecular complexity index is 66.2. The van der Waals surface area contributed by atoms with Gasteiger partial charge in [-0.2, -0.15) is 0 Å². The van der Waals surface area contributed by atoms with Gasteiger partial charge < -0.3 is 0 Å². The molecule has 4 heteroatoms. The van der Waals surface area contributed by atoms with Crippen LogP contribution in [0.2, 0.25) is 0 Å². The molecule has 0 N–H and O–H groups in total. The standard InChI is InChI=1S/C4H8Cl3P/c1-4(2,5)3-8(6)7/h3H2,1-2H3. The molecule has 8 heavy (non-hydrogen) atoms. The number of alkyl halides is 1. The average molecular weight is 193 g/mol. The Kier molecular flexibility index (Phi) is 4.03. The van der Waals surface area contributed by atoms with Crippen molar-refractivity contribution in [3.63, 3.8) is 0 Å². The van der Waals surface area contributed by atoms with Crippen molar-refractivity contribution in [2.75, 3.05) is 6.16 Å². The lowest BCUT2D eigenvalue weighted by atomic mass is 10.3. The van der Waals surface area contributed by atoms with E-state index in [1.165, 1.54) is 0 Å². The van der Waals surface area contributed by atoms with Crippen molar-refractivity contribution in [2.45, 2.75) is 18.7 Å². The highest BCUT2D eigenvalue weighted by Gasteiger charge is 2.16. The number of hydrogen-bond donors (Lipinski definition) is 0. The van der Waals surface area contributed by atoms with Gasteiger partial charge in [-0.25, -0.2) is 0 Å². The molecule has 0 aliphatic heterocycles. The minimum absolute atomic E-state index is 0.241. The first-order valence-electron chi connectivity index (χ1n) is 2.20. The van der Waals surface area contributed by atoms with Crippen molar-refractivity contribution >= 4 is 40.7 Å². The molecule has 0 aromatic rings. The summed E-state index contributed by atoms with van der Waals surface area (Å²) in [6.45, 7) is 2.92. The molecule has 0 spiro atoms. The number of halogens is 3. The Labute approximate surface area is 65.8 Å². The van der Waals surface area contributed by atoms with Crippen molar-refractivity contribution in [1.82, 2.24) is 0 Å². The first-order chi connectivity index (χ1) is 3.42. The maximum atomic E-state index is 5.78. The van der Waals surface area contributed by atoms with Crippen molar-refractivity contribution in [1.29, 1.82) is 0 Å². The fourth-order valence-electron chi connectivity index (χ4n) is 0.284. The Balaban J connectivity index is 3.39. The molecule has 50 valence electrons. The van der Waals surface area contributed by atoms with Gasteiger partial charge in [0.1, 0.15) is 0 Å². The normalized spacial score (nSPS) is 12.8. The predicted molar refractivity (Wildman–Crippen MR) is 43.4 cm³/mol. The summed E-state index contributed by atoms with van der Waals surface area (Å²) in [6.07, 6.45) is 0.688. The molecule has 0 aliphatic carbocycles. The van der Waals surface area contributed by atoms with Crippen LogP contribution in [0.5, 0.6) is 0 Å². The summed E-state index contributed by atoms with van der Waals surface area (Å²) in [5.41, 5.74) is 0. The van der Waals surface area contributed by atoms with Gasteiger partial charge in [0.25, 0.3) is 0 Å². The van der Waals surface area contributed by atoms with Crippen molar-refractivity contribution in [2.24, 2.45) is 0 Å². The van der Waals surface area contributed by atoms with E-state index in [1.54, 1.807) is 0 Å². The quantitative estimate of drug-likeness (QED) is 0.462. The second kappa shape index (κ2) is 3.46. The Morgan fingerprint density at radius 2 is 1.75 bits per heavy atom. The Hall–Kier alpha value is 1.30. The smallest absolute Gasteiger partial charge is 0.0872 e. The SMILES string of the molecule is CC(C)(Cl)CP(Cl)Cl. The van der Waals surface area contributed by atoms with Crippen LogP contribution < -0.4 is 0 Å². The minimum atomic E-state index is -0.876. The van der Waals surface area contributed by atoms with Crippen molar-refractivity contribution in [3.8, 4) is 0 Å². The van der Waals surface area contributed by atoms with E-state index in [2.05, 4.69) is 0 Å². The summed E-state index contributed by atoms with van der Waals surface area (Å²) in [4.78, 5) is -0.241. The number of rotatable bonds is 2. The molecule has 0 unspecified atom stereocenters. The monoisotopic (exact) mass is 192 g/mol. The van der Waals surface area contributed by atoms with Crippen LogP contribution in [-0.2, 0) is 0 Å². The lowest BCUT2D eigenvalue weighted by Gasteiger charge is -2.14. The molecule has 0 aromatic heterocycles. The fraction of sp³-hybridized carbons (Fsp3) is 1.00. The van der Waals surface area contributed by atoms with Crippen molar-refractivity contribution < 1.29 is 0 Å². The third-order valence-electron chi connectivity index (χ3n) is 0.496. The van der Waals surface area contributed by atoms with E-state index < -0.39 is 6.63 Å². The summed E-state index contributed by atoms with van der Waals surface area (Å²) in [5.74, 6) is 0. The summed E-state index contributed by atoms with van der Waals surface area (Å²) >= 11 is 16.8. The van der Waals surface area contributed by atoms with E-state index in [0.29, 0.717) is 6.16 Å². The molecule has 0 nitrogen and oxygen atoms in total. The minimum Gasteiger partial charge on any atom is -0.119 e. The molecule has 0 amide bonds. The van der Waals surface area contributed by atoms with Crippen LogP contribution in [0, 0.1) is 0 Å². The van der Waals surface area contributed by atoms with E-state index >= 15 is 0 Å². The van der Waals surface area contributed by atoms with E-state index in [9.17, 15) is 0 Å². The van der Waals surface area contributed by atoms with Crippen molar-refractivity contribution in [3.05, 3.63) is 0 Å². The average Bonchev–Trinajstić information content (AvgIpc) is 1.21. The highest BCUT2D eigenvalue weighted by molar-refractivity contribution is 8.04. The van der Waals surface area contributed by atoms with Gasteiger partial charge in [0.15, 0.2) is 0 Å². The topological polar surface area (TPSA) is 0 Å². The molecule has 0 saturated heterocycles. The summed E-state index contributed by atoms with van der Waals surface area (Å²) in [5, 5.41) is 0. The maximum Gasteiger partial charge on any atom is 0.0872 e. The molecule has 0 fully saturated rings. The first kappa shape index (κ1) is 9.30. The van der Waals surface area contributed by atoms with Crippen LogP contribution in [-0.4, -0.2) is 11.0 Å². The molecular formula is C4H8Cl3P. The zero-order valence-electron chi connectivity index (χ0n) is 4.79. The van der Waals surface area contributed by atoms with Crippen LogP contribution >= 0.6 is 40.7 Å². The Morgan fingerprint density at radius 3 is 1.75 bits per heavy atom. The third-order valence-corrected chi connectivity index (χ3v) is 2.56. The van der Waals surface area contributed by atoms with Gasteiger partial charge in [-0.05, 0) is 13.8 Å². The van der Waals surface area contributed by atoms with Gasteiger partial charge in [-0.1, -0.05) is 22.5 Å². The zero-order chi connectivity index (χ0) is 6.78. The highest BCUT2D eigenvalue weighted by Crippen LogP contribution is 2.49. The van der Waals surface area contributed by atoms with Crippen LogP contribution in [0.3, 0.4) is 0 Å². The first-order valence-corrected chi connectivity index (χ1v) is 5.91. The maximum absolute atomic E-state index is 5.78. The van der Waals surface area contributed by atoms with Crippen LogP contribution in [0.1, 0.15) is 13.8 Å². The van der Waals surface area contributed by atoms with Gasteiger partial charge in [-0.15, -0.1) is 11.6 Å². The van der Waals surface area contributed by atoms with E-state index in [4.69, 9.17) is 34.1 Å². The molecule has 0 aliphatic rings. The summed E-state index contributed by atoms with van der Waals surface area (Å²) in [7, 11) is 0. The highest BCUT2D eigenvalue weighted by atomic mass is 35.9. The van der Waals surface area contributed by atoms with E-state index in [-0.39, 0.29) is 4.87 Å². The van der Waals surface area contributed by atoms with Gasteiger partial charge in [0.05, 0.1) is 6.63 Å². The molecule has 0 radical (unpaired) electrons. The van der Waals surface area contributed by atoms with E-state index in [1.807, 2.05) is 13.8 Å². The van der Waals surface area contributed by atoms with Gasteiger partial charge in [0.2, 0.25) is 0 Å². The number of hydrogen-bond acceptors (Lipinski definition) is 0. The van der Waals surface area contributed by atoms with Crippen LogP contribution in [0.15, 0.2) is 0 Å². The molecule has 0 aromatic carbocycles. The molecule has 0 saturated carbocycles. The molecular weight excluding hydrogens is 185 g/mol. The fourth-order valence-corrected chi connectivity index (χ4v) is 3.37. The van der Waals surface area contributed by atoms with E-state index in [0.717, 1.165) is 0 Å². The second-order valence-corrected chi connectivity index (χ2v) is 7.09. The van der Waals surface area contributed by atoms with Gasteiger partial charge in [0, 0.05) is 11.0 Å². The molecule has 0 rings (SSSR count). The molecule has 0 bridgehead atoms. The Morgan fingerprint density at radius 1 is 1.38 bits per heavy atom. The van der Waals surface area contributed by atoms with Crippen LogP contribution in [0.4, 0.5) is 0 Å². The molecule has 0 heterocycles. The largest absolute Gasteiger partial charge is 0.119 e.